The molecule has 0 amide bonds. The van der Waals surface area contributed by atoms with Crippen molar-refractivity contribution >= 4 is 0 Å². The van der Waals surface area contributed by atoms with Crippen molar-refractivity contribution in [3.63, 3.8) is 0 Å². The smallest absolute Gasteiger partial charge is 0.158 e. The molecule has 1 unspecified atom stereocenters. The average Bonchev–Trinajstić information content (AvgIpc) is 2.97. The van der Waals surface area contributed by atoms with Gasteiger partial charge in [-0.05, 0) is 12.1 Å². The molecule has 0 saturated carbocycles. The first-order valence-corrected chi connectivity index (χ1v) is 7.23. The lowest BCUT2D eigenvalue weighted by molar-refractivity contribution is 0.0116. The Morgan fingerprint density at radius 2 is 2.00 bits per heavy atom. The number of morpholine rings is 1. The third-order valence-corrected chi connectivity index (χ3v) is 3.59. The third kappa shape index (κ3) is 3.66. The van der Waals surface area contributed by atoms with Crippen LogP contribution in [0.2, 0.25) is 0 Å². The Morgan fingerprint density at radius 3 is 2.76 bits per heavy atom. The second-order valence-corrected chi connectivity index (χ2v) is 5.18. The van der Waals surface area contributed by atoms with E-state index in [4.69, 9.17) is 4.74 Å². The summed E-state index contributed by atoms with van der Waals surface area (Å²) >= 11 is 0. The molecule has 6 nitrogen and oxygen atoms in total. The first-order chi connectivity index (χ1) is 10.3. The molecule has 21 heavy (non-hydrogen) atoms. The molecule has 6 heteroatoms. The molecular weight excluding hydrogens is 268 g/mol. The van der Waals surface area contributed by atoms with Crippen molar-refractivity contribution in [1.82, 2.24) is 19.4 Å². The van der Waals surface area contributed by atoms with Crippen LogP contribution in [0.25, 0.3) is 11.5 Å². The highest BCUT2D eigenvalue weighted by atomic mass is 16.5. The van der Waals surface area contributed by atoms with Gasteiger partial charge in [0, 0.05) is 38.2 Å². The molecule has 1 N–H and O–H groups in total. The van der Waals surface area contributed by atoms with Gasteiger partial charge in [-0.3, -0.25) is 9.88 Å². The number of aromatic nitrogens is 3. The molecule has 1 atom stereocenters. The van der Waals surface area contributed by atoms with E-state index >= 15 is 0 Å². The Kier molecular flexibility index (Phi) is 4.59. The van der Waals surface area contributed by atoms with Gasteiger partial charge in [-0.2, -0.15) is 0 Å². The van der Waals surface area contributed by atoms with Crippen molar-refractivity contribution < 1.29 is 9.84 Å². The van der Waals surface area contributed by atoms with E-state index in [1.807, 2.05) is 29.0 Å². The number of nitrogens with zero attached hydrogens (tertiary/aromatic N) is 4. The maximum Gasteiger partial charge on any atom is 0.158 e. The molecule has 112 valence electrons. The van der Waals surface area contributed by atoms with E-state index in [-0.39, 0.29) is 0 Å². The van der Waals surface area contributed by atoms with Crippen LogP contribution in [0.4, 0.5) is 0 Å². The van der Waals surface area contributed by atoms with Crippen molar-refractivity contribution in [2.75, 3.05) is 32.8 Å². The molecular formula is C15H20N4O2. The molecule has 0 spiro atoms. The Bertz CT molecular complexity index is 552. The van der Waals surface area contributed by atoms with E-state index in [2.05, 4.69) is 14.9 Å². The van der Waals surface area contributed by atoms with Crippen LogP contribution in [-0.2, 0) is 11.3 Å². The van der Waals surface area contributed by atoms with Crippen molar-refractivity contribution in [3.8, 4) is 11.5 Å². The number of imidazole rings is 1. The molecule has 3 heterocycles. The highest BCUT2D eigenvalue weighted by molar-refractivity contribution is 5.48. The average molecular weight is 288 g/mol. The minimum atomic E-state index is -0.431. The fraction of sp³-hybridized carbons (Fsp3) is 0.467. The third-order valence-electron chi connectivity index (χ3n) is 3.59. The zero-order chi connectivity index (χ0) is 14.5. The number of aliphatic hydroxyl groups is 1. The number of ether oxygens (including phenoxy) is 1. The molecule has 3 rings (SSSR count). The summed E-state index contributed by atoms with van der Waals surface area (Å²) in [5.74, 6) is 0.789. The summed E-state index contributed by atoms with van der Waals surface area (Å²) in [4.78, 5) is 10.9. The van der Waals surface area contributed by atoms with Crippen LogP contribution in [0.5, 0.6) is 0 Å². The second-order valence-electron chi connectivity index (χ2n) is 5.18. The number of β-amino-alcohol motifs (C(OH)–C–C–N with tert-alkyl or cyclic N) is 1. The van der Waals surface area contributed by atoms with Gasteiger partial charge in [0.1, 0.15) is 5.69 Å². The van der Waals surface area contributed by atoms with Crippen molar-refractivity contribution in [3.05, 3.63) is 36.8 Å². The predicted molar refractivity (Wildman–Crippen MR) is 78.7 cm³/mol. The molecule has 1 aliphatic heterocycles. The SMILES string of the molecule is OC(CN1CCOCC1)Cn1ccnc1-c1ccccn1. The number of rotatable bonds is 5. The Balaban J connectivity index is 1.64. The van der Waals surface area contributed by atoms with Crippen molar-refractivity contribution in [2.45, 2.75) is 12.6 Å². The van der Waals surface area contributed by atoms with Gasteiger partial charge in [-0.25, -0.2) is 4.98 Å². The van der Waals surface area contributed by atoms with Gasteiger partial charge in [-0.1, -0.05) is 6.07 Å². The van der Waals surface area contributed by atoms with E-state index in [1.54, 1.807) is 12.4 Å². The van der Waals surface area contributed by atoms with Gasteiger partial charge in [-0.15, -0.1) is 0 Å². The number of hydrogen-bond donors (Lipinski definition) is 1. The summed E-state index contributed by atoms with van der Waals surface area (Å²) in [7, 11) is 0. The van der Waals surface area contributed by atoms with Gasteiger partial charge in [0.2, 0.25) is 0 Å². The lowest BCUT2D eigenvalue weighted by Gasteiger charge is -2.28. The van der Waals surface area contributed by atoms with Crippen molar-refractivity contribution in [2.24, 2.45) is 0 Å². The van der Waals surface area contributed by atoms with Gasteiger partial charge < -0.3 is 14.4 Å². The summed E-state index contributed by atoms with van der Waals surface area (Å²) in [6, 6.07) is 5.74. The molecule has 1 saturated heterocycles. The summed E-state index contributed by atoms with van der Waals surface area (Å²) < 4.78 is 7.27. The van der Waals surface area contributed by atoms with E-state index < -0.39 is 6.10 Å². The zero-order valence-electron chi connectivity index (χ0n) is 11.9. The van der Waals surface area contributed by atoms with Gasteiger partial charge in [0.25, 0.3) is 0 Å². The van der Waals surface area contributed by atoms with Gasteiger partial charge in [0.05, 0.1) is 25.9 Å². The lowest BCUT2D eigenvalue weighted by atomic mass is 10.3. The molecule has 2 aromatic heterocycles. The summed E-state index contributed by atoms with van der Waals surface area (Å²) in [5, 5.41) is 10.3. The maximum absolute atomic E-state index is 10.3. The van der Waals surface area contributed by atoms with Crippen LogP contribution in [0, 0.1) is 0 Å². The minimum Gasteiger partial charge on any atom is -0.390 e. The van der Waals surface area contributed by atoms with Crippen LogP contribution in [0.15, 0.2) is 36.8 Å². The van der Waals surface area contributed by atoms with Crippen LogP contribution < -0.4 is 0 Å². The number of aliphatic hydroxyl groups excluding tert-OH is 1. The molecule has 1 fully saturated rings. The Morgan fingerprint density at radius 1 is 1.14 bits per heavy atom. The second kappa shape index (κ2) is 6.80. The van der Waals surface area contributed by atoms with Crippen LogP contribution in [-0.4, -0.2) is 63.5 Å². The van der Waals surface area contributed by atoms with Crippen LogP contribution in [0.1, 0.15) is 0 Å². The predicted octanol–water partition coefficient (Wildman–Crippen LogP) is 0.638. The summed E-state index contributed by atoms with van der Waals surface area (Å²) in [6.07, 6.45) is 4.94. The molecule has 0 bridgehead atoms. The molecule has 1 aliphatic rings. The van der Waals surface area contributed by atoms with Crippen molar-refractivity contribution in [1.29, 1.82) is 0 Å². The fourth-order valence-electron chi connectivity index (χ4n) is 2.55. The Labute approximate surface area is 124 Å². The fourth-order valence-corrected chi connectivity index (χ4v) is 2.55. The van der Waals surface area contributed by atoms with E-state index in [1.165, 1.54) is 0 Å². The van der Waals surface area contributed by atoms with Crippen LogP contribution >= 0.6 is 0 Å². The minimum absolute atomic E-state index is 0.431. The highest BCUT2D eigenvalue weighted by Crippen LogP contribution is 2.14. The topological polar surface area (TPSA) is 63.4 Å². The molecule has 0 radical (unpaired) electrons. The normalized spacial score (nSPS) is 17.8. The quantitative estimate of drug-likeness (QED) is 0.874. The van der Waals surface area contributed by atoms with E-state index in [0.717, 1.165) is 37.8 Å². The summed E-state index contributed by atoms with van der Waals surface area (Å²) in [5.41, 5.74) is 0.820. The Hall–Kier alpha value is -1.76. The van der Waals surface area contributed by atoms with E-state index in [9.17, 15) is 5.11 Å². The first kappa shape index (κ1) is 14.2. The number of hydrogen-bond acceptors (Lipinski definition) is 5. The molecule has 2 aromatic rings. The summed E-state index contributed by atoms with van der Waals surface area (Å²) in [6.45, 7) is 4.43. The first-order valence-electron chi connectivity index (χ1n) is 7.23. The van der Waals surface area contributed by atoms with E-state index in [0.29, 0.717) is 13.1 Å². The van der Waals surface area contributed by atoms with Crippen LogP contribution in [0.3, 0.4) is 0 Å². The standard InChI is InChI=1S/C15H20N4O2/c20-13(11-18-7-9-21-10-8-18)12-19-6-5-17-15(19)14-3-1-2-4-16-14/h1-6,13,20H,7-12H2. The van der Waals surface area contributed by atoms with Gasteiger partial charge in [0.15, 0.2) is 5.82 Å². The molecule has 0 aliphatic carbocycles. The largest absolute Gasteiger partial charge is 0.390 e. The zero-order valence-corrected chi connectivity index (χ0v) is 11.9. The lowest BCUT2D eigenvalue weighted by Crippen LogP contribution is -2.42. The highest BCUT2D eigenvalue weighted by Gasteiger charge is 2.16. The van der Waals surface area contributed by atoms with Gasteiger partial charge >= 0.3 is 0 Å². The maximum atomic E-state index is 10.3. The number of pyridine rings is 1. The monoisotopic (exact) mass is 288 g/mol. The molecule has 0 aromatic carbocycles.